The van der Waals surface area contributed by atoms with Crippen LogP contribution in [0.25, 0.3) is 11.1 Å². The molecular weight excluding hydrogens is 500 g/mol. The molecule has 0 saturated heterocycles. The third-order valence-corrected chi connectivity index (χ3v) is 8.22. The Morgan fingerprint density at radius 1 is 1.25 bits per heavy atom. The van der Waals surface area contributed by atoms with E-state index in [0.717, 1.165) is 53.6 Å². The van der Waals surface area contributed by atoms with E-state index in [1.54, 1.807) is 18.2 Å². The number of carbonyl (C=O) groups is 1. The highest BCUT2D eigenvalue weighted by Gasteiger charge is 2.22. The van der Waals surface area contributed by atoms with Gasteiger partial charge < -0.3 is 9.73 Å². The zero-order chi connectivity index (χ0) is 22.9. The molecule has 2 aromatic carbocycles. The zero-order valence-electron chi connectivity index (χ0n) is 15.7. The van der Waals surface area contributed by atoms with E-state index in [4.69, 9.17) is 16.0 Å². The topological polar surface area (TPSA) is 145 Å². The molecule has 0 aliphatic rings. The van der Waals surface area contributed by atoms with Crippen LogP contribution in [0.2, 0.25) is 5.02 Å². The summed E-state index contributed by atoms with van der Waals surface area (Å²) in [4.78, 5) is 30.4. The number of hydrogen-bond acceptors (Lipinski definition) is 10. The van der Waals surface area contributed by atoms with E-state index in [1.807, 2.05) is 0 Å². The number of benzene rings is 2. The number of rotatable bonds is 7. The fourth-order valence-electron chi connectivity index (χ4n) is 2.53. The molecule has 0 bridgehead atoms. The number of nitrogens with one attached hydrogen (secondary N) is 1. The Morgan fingerprint density at radius 3 is 2.72 bits per heavy atom. The van der Waals surface area contributed by atoms with Gasteiger partial charge in [0, 0.05) is 17.2 Å². The lowest BCUT2D eigenvalue weighted by Gasteiger charge is -2.01. The van der Waals surface area contributed by atoms with Gasteiger partial charge in [-0.2, -0.15) is 0 Å². The van der Waals surface area contributed by atoms with Crippen molar-refractivity contribution in [3.8, 4) is 0 Å². The summed E-state index contributed by atoms with van der Waals surface area (Å²) in [5.74, 6) is -0.464. The highest BCUT2D eigenvalue weighted by Crippen LogP contribution is 2.30. The van der Waals surface area contributed by atoms with Gasteiger partial charge >= 0.3 is 0 Å². The molecule has 0 spiro atoms. The molecule has 4 rings (SSSR count). The standard InChI is InChI=1S/C18H11ClN4O6S3/c19-10-1-6-14-13(7-10)21-18(29-14)30-9-15(24)22-17-20-8-16(31-17)32(27,28)12-4-2-11(3-5-12)23(25)26/h1-8H,9H2,(H,20,22,24). The zero-order valence-corrected chi connectivity index (χ0v) is 18.9. The van der Waals surface area contributed by atoms with Crippen molar-refractivity contribution in [2.24, 2.45) is 0 Å². The normalized spacial score (nSPS) is 11.5. The monoisotopic (exact) mass is 510 g/mol. The summed E-state index contributed by atoms with van der Waals surface area (Å²) in [6.45, 7) is 0. The molecule has 2 aromatic heterocycles. The van der Waals surface area contributed by atoms with Gasteiger partial charge in [0.05, 0.1) is 21.8 Å². The molecule has 0 aliphatic heterocycles. The third kappa shape index (κ3) is 4.75. The van der Waals surface area contributed by atoms with Crippen LogP contribution < -0.4 is 5.32 Å². The number of carbonyl (C=O) groups excluding carboxylic acids is 1. The molecule has 14 heteroatoms. The summed E-state index contributed by atoms with van der Waals surface area (Å²) in [7, 11) is -3.93. The molecule has 0 radical (unpaired) electrons. The number of hydrogen-bond donors (Lipinski definition) is 1. The molecule has 2 heterocycles. The van der Waals surface area contributed by atoms with E-state index in [2.05, 4.69) is 15.3 Å². The van der Waals surface area contributed by atoms with Gasteiger partial charge in [0.25, 0.3) is 10.9 Å². The van der Waals surface area contributed by atoms with E-state index in [-0.39, 0.29) is 30.9 Å². The molecule has 0 atom stereocenters. The molecular formula is C18H11ClN4O6S3. The quantitative estimate of drug-likeness (QED) is 0.217. The minimum Gasteiger partial charge on any atom is -0.431 e. The van der Waals surface area contributed by atoms with Crippen molar-refractivity contribution in [1.82, 2.24) is 9.97 Å². The number of nitro groups is 1. The van der Waals surface area contributed by atoms with Crippen molar-refractivity contribution < 1.29 is 22.6 Å². The van der Waals surface area contributed by atoms with Gasteiger partial charge in [-0.3, -0.25) is 14.9 Å². The number of halogens is 1. The number of thioether (sulfide) groups is 1. The number of nitrogens with zero attached hydrogens (tertiary/aromatic N) is 3. The third-order valence-electron chi connectivity index (χ3n) is 4.01. The Balaban J connectivity index is 1.40. The van der Waals surface area contributed by atoms with Gasteiger partial charge in [0.1, 0.15) is 9.73 Å². The Bertz CT molecular complexity index is 1430. The molecule has 4 aromatic rings. The van der Waals surface area contributed by atoms with Gasteiger partial charge in [0.15, 0.2) is 10.7 Å². The molecule has 1 amide bonds. The maximum absolute atomic E-state index is 12.7. The van der Waals surface area contributed by atoms with E-state index in [1.165, 1.54) is 0 Å². The van der Waals surface area contributed by atoms with Gasteiger partial charge in [-0.05, 0) is 30.3 Å². The second-order valence-corrected chi connectivity index (χ2v) is 10.7. The summed E-state index contributed by atoms with van der Waals surface area (Å²) in [6.07, 6.45) is 1.12. The SMILES string of the molecule is O=C(CSc1nc2cc(Cl)ccc2o1)Nc1ncc(S(=O)(=O)c2ccc([N+](=O)[O-])cc2)s1. The van der Waals surface area contributed by atoms with E-state index < -0.39 is 20.7 Å². The van der Waals surface area contributed by atoms with Crippen LogP contribution in [0.4, 0.5) is 10.8 Å². The second kappa shape index (κ2) is 8.86. The lowest BCUT2D eigenvalue weighted by atomic mass is 10.3. The van der Waals surface area contributed by atoms with E-state index >= 15 is 0 Å². The largest absolute Gasteiger partial charge is 0.431 e. The van der Waals surface area contributed by atoms with Crippen molar-refractivity contribution >= 4 is 72.4 Å². The van der Waals surface area contributed by atoms with Crippen LogP contribution in [0.5, 0.6) is 0 Å². The number of non-ortho nitro benzene ring substituents is 1. The maximum Gasteiger partial charge on any atom is 0.269 e. The van der Waals surface area contributed by atoms with E-state index in [9.17, 15) is 23.3 Å². The Kier molecular flexibility index (Phi) is 6.15. The highest BCUT2D eigenvalue weighted by atomic mass is 35.5. The Hall–Kier alpha value is -3.00. The summed E-state index contributed by atoms with van der Waals surface area (Å²) < 4.78 is 30.8. The number of amides is 1. The number of sulfone groups is 1. The average Bonchev–Trinajstić information content (AvgIpc) is 3.39. The van der Waals surface area contributed by atoms with E-state index in [0.29, 0.717) is 16.1 Å². The lowest BCUT2D eigenvalue weighted by Crippen LogP contribution is -2.13. The Morgan fingerprint density at radius 2 is 2.00 bits per heavy atom. The van der Waals surface area contributed by atoms with Crippen molar-refractivity contribution in [3.05, 3.63) is 63.8 Å². The molecule has 0 aliphatic carbocycles. The molecule has 0 fully saturated rings. The number of thiazole rings is 1. The van der Waals surface area contributed by atoms with Crippen LogP contribution in [0, 0.1) is 10.1 Å². The van der Waals surface area contributed by atoms with Crippen LogP contribution in [0.3, 0.4) is 0 Å². The van der Waals surface area contributed by atoms with Crippen LogP contribution in [0.15, 0.2) is 67.4 Å². The first-order chi connectivity index (χ1) is 15.2. The first-order valence-corrected chi connectivity index (χ1v) is 12.3. The number of aromatic nitrogens is 2. The molecule has 1 N–H and O–H groups in total. The summed E-state index contributed by atoms with van der Waals surface area (Å²) in [5.41, 5.74) is 0.889. The number of anilines is 1. The van der Waals surface area contributed by atoms with Gasteiger partial charge in [-0.1, -0.05) is 34.7 Å². The Labute approximate surface area is 193 Å². The predicted octanol–water partition coefficient (Wildman–Crippen LogP) is 4.41. The smallest absolute Gasteiger partial charge is 0.269 e. The van der Waals surface area contributed by atoms with Crippen LogP contribution in [-0.2, 0) is 14.6 Å². The van der Waals surface area contributed by atoms with Crippen molar-refractivity contribution in [2.75, 3.05) is 11.1 Å². The van der Waals surface area contributed by atoms with Crippen LogP contribution in [-0.4, -0.2) is 35.0 Å². The maximum atomic E-state index is 12.7. The van der Waals surface area contributed by atoms with Gasteiger partial charge in [-0.15, -0.1) is 0 Å². The van der Waals surface area contributed by atoms with Crippen molar-refractivity contribution in [3.63, 3.8) is 0 Å². The summed E-state index contributed by atoms with van der Waals surface area (Å²) >= 11 is 7.75. The van der Waals surface area contributed by atoms with Crippen molar-refractivity contribution in [2.45, 2.75) is 14.3 Å². The fourth-order valence-corrected chi connectivity index (χ4v) is 5.78. The fraction of sp³-hybridized carbons (Fsp3) is 0.0556. The van der Waals surface area contributed by atoms with Crippen molar-refractivity contribution in [1.29, 1.82) is 0 Å². The van der Waals surface area contributed by atoms with Crippen LogP contribution in [0.1, 0.15) is 0 Å². The average molecular weight is 511 g/mol. The van der Waals surface area contributed by atoms with Gasteiger partial charge in [-0.25, -0.2) is 18.4 Å². The lowest BCUT2D eigenvalue weighted by molar-refractivity contribution is -0.384. The number of nitro benzene ring substituents is 1. The minimum atomic E-state index is -3.93. The molecule has 164 valence electrons. The second-order valence-electron chi connectivity index (χ2n) is 6.17. The van der Waals surface area contributed by atoms with Gasteiger partial charge in [0.2, 0.25) is 15.7 Å². The highest BCUT2D eigenvalue weighted by molar-refractivity contribution is 7.99. The summed E-state index contributed by atoms with van der Waals surface area (Å²) in [5, 5.41) is 14.2. The molecule has 10 nitrogen and oxygen atoms in total. The first-order valence-electron chi connectivity index (χ1n) is 8.66. The molecule has 0 saturated carbocycles. The number of oxazole rings is 1. The number of fused-ring (bicyclic) bond motifs is 1. The first kappa shape index (κ1) is 22.2. The minimum absolute atomic E-state index is 0.0371. The summed E-state index contributed by atoms with van der Waals surface area (Å²) in [6, 6.07) is 9.50. The predicted molar refractivity (Wildman–Crippen MR) is 119 cm³/mol. The molecule has 0 unspecified atom stereocenters. The van der Waals surface area contributed by atoms with Crippen LogP contribution >= 0.6 is 34.7 Å². The molecule has 32 heavy (non-hydrogen) atoms.